The fourth-order valence-electron chi connectivity index (χ4n) is 10.1. The summed E-state index contributed by atoms with van der Waals surface area (Å²) in [5.74, 6) is -5.31. The van der Waals surface area contributed by atoms with Crippen molar-refractivity contribution < 1.29 is 33.4 Å². The molecule has 11 nitrogen and oxygen atoms in total. The summed E-state index contributed by atoms with van der Waals surface area (Å²) in [5.41, 5.74) is 7.27. The van der Waals surface area contributed by atoms with Gasteiger partial charge in [-0.15, -0.1) is 0 Å². The third-order valence-corrected chi connectivity index (χ3v) is 13.1. The van der Waals surface area contributed by atoms with Gasteiger partial charge in [-0.1, -0.05) is 87.7 Å². The van der Waals surface area contributed by atoms with Gasteiger partial charge in [-0.3, -0.25) is 29.5 Å². The van der Waals surface area contributed by atoms with E-state index in [1.807, 2.05) is 79.7 Å². The second-order valence-corrected chi connectivity index (χ2v) is 16.6. The minimum Gasteiger partial charge on any atom is -0.504 e. The van der Waals surface area contributed by atoms with E-state index >= 15 is 9.59 Å². The Morgan fingerprint density at radius 3 is 2.32 bits per heavy atom. The van der Waals surface area contributed by atoms with Crippen LogP contribution in [-0.4, -0.2) is 45.8 Å². The number of rotatable bonds is 7. The van der Waals surface area contributed by atoms with Gasteiger partial charge in [-0.2, -0.15) is 5.01 Å². The number of anilines is 2. The summed E-state index contributed by atoms with van der Waals surface area (Å²) in [4.78, 5) is 65.6. The monoisotopic (exact) mass is 848 g/mol. The Kier molecular flexibility index (Phi) is 8.60. The van der Waals surface area contributed by atoms with E-state index in [0.29, 0.717) is 44.0 Å². The van der Waals surface area contributed by atoms with Crippen LogP contribution in [-0.2, 0) is 24.6 Å². The van der Waals surface area contributed by atoms with Gasteiger partial charge >= 0.3 is 0 Å². The number of benzene rings is 5. The second kappa shape index (κ2) is 13.8. The summed E-state index contributed by atoms with van der Waals surface area (Å²) < 4.78 is 12.2. The predicted octanol–water partition coefficient (Wildman–Crippen LogP) is 8.47. The van der Waals surface area contributed by atoms with Gasteiger partial charge in [0, 0.05) is 21.5 Å². The third-order valence-electron chi connectivity index (χ3n) is 12.7. The highest BCUT2D eigenvalue weighted by Gasteiger charge is 2.70. The number of methoxy groups -OCH3 is 1. The molecule has 0 bridgehead atoms. The molecule has 3 heterocycles. The number of carbonyl (C=O) groups is 4. The molecule has 6 aromatic rings. The van der Waals surface area contributed by atoms with Crippen molar-refractivity contribution in [2.45, 2.75) is 31.1 Å². The lowest BCUT2D eigenvalue weighted by molar-refractivity contribution is -0.138. The number of nitrogens with zero attached hydrogens (tertiary/aromatic N) is 3. The van der Waals surface area contributed by atoms with E-state index in [4.69, 9.17) is 9.15 Å². The van der Waals surface area contributed by atoms with Gasteiger partial charge in [0.05, 0.1) is 41.7 Å². The zero-order valence-corrected chi connectivity index (χ0v) is 33.6. The number of fused-ring (bicyclic) bond motifs is 5. The Balaban J connectivity index is 1.10. The number of carbonyl (C=O) groups excluding carboxylic acids is 4. The van der Waals surface area contributed by atoms with E-state index < -0.39 is 46.8 Å². The summed E-state index contributed by atoms with van der Waals surface area (Å²) in [6, 6.07) is 34.4. The summed E-state index contributed by atoms with van der Waals surface area (Å²) >= 11 is 3.60. The maximum atomic E-state index is 15.5. The molecule has 10 rings (SSSR count). The van der Waals surface area contributed by atoms with Crippen LogP contribution < -0.4 is 15.1 Å². The molecule has 2 aliphatic heterocycles. The molecule has 6 atom stereocenters. The zero-order valence-electron chi connectivity index (χ0n) is 32.0. The molecule has 1 saturated carbocycles. The van der Waals surface area contributed by atoms with Crippen LogP contribution in [0.15, 0.2) is 136 Å². The molecule has 4 aliphatic rings. The zero-order chi connectivity index (χ0) is 40.7. The minimum absolute atomic E-state index is 0.116. The highest BCUT2D eigenvalue weighted by molar-refractivity contribution is 9.10. The van der Waals surface area contributed by atoms with E-state index in [0.717, 1.165) is 21.7 Å². The normalized spacial score (nSPS) is 24.9. The third kappa shape index (κ3) is 5.49. The van der Waals surface area contributed by atoms with Gasteiger partial charge in [-0.05, 0) is 91.9 Å². The van der Waals surface area contributed by atoms with E-state index in [1.54, 1.807) is 48.5 Å². The molecule has 2 saturated heterocycles. The number of aromatic nitrogens is 1. The van der Waals surface area contributed by atoms with E-state index in [9.17, 15) is 14.7 Å². The average Bonchev–Trinajstić information content (AvgIpc) is 3.87. The number of allylic oxidation sites excluding steroid dienone is 2. The van der Waals surface area contributed by atoms with Crippen molar-refractivity contribution in [3.8, 4) is 23.0 Å². The number of halogens is 1. The smallest absolute Gasteiger partial charge is 0.260 e. The van der Waals surface area contributed by atoms with Crippen molar-refractivity contribution >= 4 is 62.0 Å². The van der Waals surface area contributed by atoms with Gasteiger partial charge in [-0.25, -0.2) is 4.98 Å². The lowest BCUT2D eigenvalue weighted by atomic mass is 9.49. The fourth-order valence-corrected chi connectivity index (χ4v) is 10.5. The predicted molar refractivity (Wildman–Crippen MR) is 223 cm³/mol. The molecule has 5 aromatic carbocycles. The van der Waals surface area contributed by atoms with E-state index in [-0.39, 0.29) is 36.2 Å². The molecule has 294 valence electrons. The number of imide groups is 2. The number of oxazole rings is 1. The van der Waals surface area contributed by atoms with E-state index in [1.165, 1.54) is 12.0 Å². The number of phenols is 1. The van der Waals surface area contributed by atoms with Gasteiger partial charge < -0.3 is 14.3 Å². The molecule has 12 heteroatoms. The van der Waals surface area contributed by atoms with E-state index in [2.05, 4.69) is 26.3 Å². The lowest BCUT2D eigenvalue weighted by Gasteiger charge is -2.50. The van der Waals surface area contributed by atoms with Crippen molar-refractivity contribution in [2.24, 2.45) is 23.7 Å². The minimum atomic E-state index is -1.56. The Morgan fingerprint density at radius 2 is 1.59 bits per heavy atom. The lowest BCUT2D eigenvalue weighted by Crippen LogP contribution is -2.53. The van der Waals surface area contributed by atoms with Crippen molar-refractivity contribution in [1.29, 1.82) is 0 Å². The number of hydrazine groups is 1. The van der Waals surface area contributed by atoms with Crippen molar-refractivity contribution in [3.05, 3.63) is 148 Å². The second-order valence-electron chi connectivity index (χ2n) is 15.7. The van der Waals surface area contributed by atoms with Crippen LogP contribution in [0.25, 0.3) is 22.6 Å². The fraction of sp³-hybridized carbons (Fsp3) is 0.213. The first kappa shape index (κ1) is 36.8. The first-order chi connectivity index (χ1) is 28.6. The molecule has 2 aliphatic carbocycles. The molecule has 2 N–H and O–H groups in total. The largest absolute Gasteiger partial charge is 0.504 e. The number of hydrogen-bond acceptors (Lipinski definition) is 9. The number of ether oxygens (including phenoxy) is 1. The number of phenolic OH excluding ortho intramolecular Hbond substituents is 1. The van der Waals surface area contributed by atoms with Crippen LogP contribution in [0.3, 0.4) is 0 Å². The average molecular weight is 850 g/mol. The Morgan fingerprint density at radius 1 is 0.864 bits per heavy atom. The number of para-hydroxylation sites is 2. The summed E-state index contributed by atoms with van der Waals surface area (Å²) in [6.45, 7) is 1.95. The molecule has 0 radical (unpaired) electrons. The molecule has 3 fully saturated rings. The van der Waals surface area contributed by atoms with Gasteiger partial charge in [0.25, 0.3) is 11.8 Å². The van der Waals surface area contributed by atoms with Crippen molar-refractivity contribution in [1.82, 2.24) is 9.99 Å². The molecule has 1 aromatic heterocycles. The molecule has 4 amide bonds. The quantitative estimate of drug-likeness (QED) is 0.120. The number of hydrogen-bond donors (Lipinski definition) is 2. The molecule has 59 heavy (non-hydrogen) atoms. The number of aryl methyl sites for hydroxylation is 1. The maximum Gasteiger partial charge on any atom is 0.260 e. The Bertz CT molecular complexity index is 2720. The SMILES string of the molecule is COc1cc(Br)cc(C2C3=CCC4C(=O)N(c5ccc(-c6nc7ccccc7o6)cc5)C(=O)C4C3CC3C(=O)N(Nc4ccc(C)cc4)C(=O)C32c2ccccc2)c1O. The van der Waals surface area contributed by atoms with Crippen LogP contribution in [0.2, 0.25) is 0 Å². The van der Waals surface area contributed by atoms with Crippen LogP contribution in [0.5, 0.6) is 11.5 Å². The van der Waals surface area contributed by atoms with Crippen LogP contribution in [0.1, 0.15) is 35.4 Å². The van der Waals surface area contributed by atoms with Gasteiger partial charge in [0.1, 0.15) is 5.52 Å². The number of nitrogens with one attached hydrogen (secondary N) is 1. The highest BCUT2D eigenvalue weighted by atomic mass is 79.9. The van der Waals surface area contributed by atoms with Crippen molar-refractivity contribution in [2.75, 3.05) is 17.4 Å². The highest BCUT2D eigenvalue weighted by Crippen LogP contribution is 2.65. The van der Waals surface area contributed by atoms with Gasteiger partial charge in [0.2, 0.25) is 17.7 Å². The summed E-state index contributed by atoms with van der Waals surface area (Å²) in [6.07, 6.45) is 2.30. The first-order valence-corrected chi connectivity index (χ1v) is 20.3. The Hall–Kier alpha value is -6.53. The molecular formula is C47H37BrN4O7. The Labute approximate surface area is 347 Å². The summed E-state index contributed by atoms with van der Waals surface area (Å²) in [5, 5.41) is 13.1. The first-order valence-electron chi connectivity index (χ1n) is 19.5. The van der Waals surface area contributed by atoms with Gasteiger partial charge in [0.15, 0.2) is 17.1 Å². The molecule has 0 spiro atoms. The number of aromatic hydroxyl groups is 1. The van der Waals surface area contributed by atoms with Crippen LogP contribution in [0, 0.1) is 30.6 Å². The molecule has 6 unspecified atom stereocenters. The van der Waals surface area contributed by atoms with Crippen LogP contribution in [0.4, 0.5) is 11.4 Å². The molecular weight excluding hydrogens is 812 g/mol. The number of amides is 4. The maximum absolute atomic E-state index is 15.5. The van der Waals surface area contributed by atoms with Crippen LogP contribution >= 0.6 is 15.9 Å². The standard InChI is InChI=1S/C47H37BrN4O7/c1-25-12-16-29(17-13-25)50-52-44(55)35-24-33-31(40(34-22-28(48)23-38(58-2)41(34)53)47(35,46(52)57)27-8-4-3-5-9-27)20-21-32-39(33)45(56)51(43(32)54)30-18-14-26(15-19-30)42-49-36-10-6-7-11-37(36)59-42/h3-20,22-23,32-33,35,39-40,50,53H,21,24H2,1-2H3. The van der Waals surface area contributed by atoms with Crippen molar-refractivity contribution in [3.63, 3.8) is 0 Å². The summed E-state index contributed by atoms with van der Waals surface area (Å²) in [7, 11) is 1.45. The topological polar surface area (TPSA) is 142 Å².